The fraction of sp³-hybridized carbons (Fsp3) is 0.154. The van der Waals surface area contributed by atoms with Gasteiger partial charge in [-0.25, -0.2) is 12.8 Å². The molecule has 0 saturated carbocycles. The average molecular weight is 295 g/mol. The second-order valence-electron chi connectivity index (χ2n) is 4.30. The van der Waals surface area contributed by atoms with Crippen LogP contribution in [0.2, 0.25) is 0 Å². The molecule has 0 fully saturated rings. The van der Waals surface area contributed by atoms with Gasteiger partial charge in [-0.1, -0.05) is 0 Å². The number of pyridine rings is 1. The van der Waals surface area contributed by atoms with E-state index < -0.39 is 15.8 Å². The quantitative estimate of drug-likeness (QED) is 0.870. The molecule has 0 aliphatic rings. The van der Waals surface area contributed by atoms with E-state index >= 15 is 0 Å². The highest BCUT2D eigenvalue weighted by atomic mass is 32.2. The molecule has 2 aromatic rings. The zero-order valence-electron chi connectivity index (χ0n) is 10.8. The van der Waals surface area contributed by atoms with Crippen LogP contribution in [0.3, 0.4) is 0 Å². The molecule has 1 heterocycles. The molecule has 0 saturated heterocycles. The van der Waals surface area contributed by atoms with Crippen molar-refractivity contribution in [2.45, 2.75) is 11.4 Å². The number of anilines is 1. The summed E-state index contributed by atoms with van der Waals surface area (Å²) in [5, 5.41) is 0. The lowest BCUT2D eigenvalue weighted by Crippen LogP contribution is -2.27. The normalized spacial score (nSPS) is 11.8. The van der Waals surface area contributed by atoms with Crippen molar-refractivity contribution in [3.05, 3.63) is 54.1 Å². The summed E-state index contributed by atoms with van der Waals surface area (Å²) in [6.07, 6.45) is 3.15. The Morgan fingerprint density at radius 1 is 1.25 bits per heavy atom. The van der Waals surface area contributed by atoms with Crippen molar-refractivity contribution >= 4 is 15.7 Å². The van der Waals surface area contributed by atoms with Crippen LogP contribution in [0.1, 0.15) is 5.56 Å². The molecule has 1 aromatic carbocycles. The number of hydrogen-bond donors (Lipinski definition) is 1. The van der Waals surface area contributed by atoms with Gasteiger partial charge < -0.3 is 5.73 Å². The number of sulfonamides is 1. The number of rotatable bonds is 4. The van der Waals surface area contributed by atoms with Crippen LogP contribution in [0.4, 0.5) is 10.1 Å². The van der Waals surface area contributed by atoms with Crippen LogP contribution in [0.15, 0.2) is 47.6 Å². The summed E-state index contributed by atoms with van der Waals surface area (Å²) in [6, 6.07) is 6.70. The molecular formula is C13H14FN3O2S. The van der Waals surface area contributed by atoms with Crippen LogP contribution < -0.4 is 5.73 Å². The summed E-state index contributed by atoms with van der Waals surface area (Å²) >= 11 is 0. The highest BCUT2D eigenvalue weighted by Crippen LogP contribution is 2.23. The van der Waals surface area contributed by atoms with E-state index in [-0.39, 0.29) is 17.1 Å². The lowest BCUT2D eigenvalue weighted by molar-refractivity contribution is 0.466. The van der Waals surface area contributed by atoms with Gasteiger partial charge in [0.15, 0.2) is 0 Å². The van der Waals surface area contributed by atoms with E-state index in [4.69, 9.17) is 5.73 Å². The van der Waals surface area contributed by atoms with Gasteiger partial charge in [0, 0.05) is 26.0 Å². The third-order valence-corrected chi connectivity index (χ3v) is 4.68. The van der Waals surface area contributed by atoms with E-state index in [0.717, 1.165) is 22.0 Å². The summed E-state index contributed by atoms with van der Waals surface area (Å²) in [5.74, 6) is -0.643. The van der Waals surface area contributed by atoms with E-state index in [9.17, 15) is 12.8 Å². The summed E-state index contributed by atoms with van der Waals surface area (Å²) < 4.78 is 39.1. The van der Waals surface area contributed by atoms with Crippen molar-refractivity contribution < 1.29 is 12.8 Å². The molecule has 0 bridgehead atoms. The lowest BCUT2D eigenvalue weighted by atomic mass is 10.3. The van der Waals surface area contributed by atoms with E-state index in [1.165, 1.54) is 13.1 Å². The zero-order valence-corrected chi connectivity index (χ0v) is 11.6. The maximum Gasteiger partial charge on any atom is 0.245 e. The van der Waals surface area contributed by atoms with Crippen molar-refractivity contribution in [1.82, 2.24) is 9.29 Å². The predicted molar refractivity (Wildman–Crippen MR) is 73.7 cm³/mol. The topological polar surface area (TPSA) is 76.3 Å². The molecule has 0 radical (unpaired) electrons. The molecule has 0 atom stereocenters. The Hall–Kier alpha value is -1.99. The first-order valence-corrected chi connectivity index (χ1v) is 7.25. The smallest absolute Gasteiger partial charge is 0.245 e. The van der Waals surface area contributed by atoms with E-state index in [1.807, 2.05) is 0 Å². The number of halogens is 1. The van der Waals surface area contributed by atoms with Crippen LogP contribution in [-0.4, -0.2) is 24.8 Å². The maximum absolute atomic E-state index is 13.2. The molecule has 20 heavy (non-hydrogen) atoms. The molecule has 5 nitrogen and oxygen atoms in total. The standard InChI is InChI=1S/C13H14FN3O2S/c1-17(9-10-4-6-16-7-5-10)20(18,19)13-8-11(14)2-3-12(13)15/h2-8H,9,15H2,1H3. The molecule has 7 heteroatoms. The molecular weight excluding hydrogens is 281 g/mol. The van der Waals surface area contributed by atoms with Crippen LogP contribution in [0.25, 0.3) is 0 Å². The molecule has 0 unspecified atom stereocenters. The highest BCUT2D eigenvalue weighted by molar-refractivity contribution is 7.89. The number of nitrogens with two attached hydrogens (primary N) is 1. The molecule has 2 N–H and O–H groups in total. The van der Waals surface area contributed by atoms with Gasteiger partial charge in [0.25, 0.3) is 0 Å². The first kappa shape index (κ1) is 14.4. The maximum atomic E-state index is 13.2. The minimum Gasteiger partial charge on any atom is -0.398 e. The minimum absolute atomic E-state index is 0.0213. The van der Waals surface area contributed by atoms with Gasteiger partial charge in [-0.3, -0.25) is 4.98 Å². The third kappa shape index (κ3) is 2.94. The Labute approximate surface area is 116 Å². The average Bonchev–Trinajstić information content (AvgIpc) is 2.42. The van der Waals surface area contributed by atoms with Gasteiger partial charge in [0.05, 0.1) is 5.69 Å². The molecule has 0 spiro atoms. The fourth-order valence-corrected chi connectivity index (χ4v) is 3.01. The van der Waals surface area contributed by atoms with Gasteiger partial charge in [-0.15, -0.1) is 0 Å². The Balaban J connectivity index is 2.32. The SMILES string of the molecule is CN(Cc1ccncc1)S(=O)(=O)c1cc(F)ccc1N. The third-order valence-electron chi connectivity index (χ3n) is 2.82. The van der Waals surface area contributed by atoms with Crippen LogP contribution >= 0.6 is 0 Å². The van der Waals surface area contributed by atoms with Gasteiger partial charge in [0.2, 0.25) is 10.0 Å². The van der Waals surface area contributed by atoms with Gasteiger partial charge in [0.1, 0.15) is 10.7 Å². The first-order chi connectivity index (χ1) is 9.41. The van der Waals surface area contributed by atoms with Gasteiger partial charge in [-0.05, 0) is 35.9 Å². The van der Waals surface area contributed by atoms with Crippen LogP contribution in [0, 0.1) is 5.82 Å². The Morgan fingerprint density at radius 2 is 1.90 bits per heavy atom. The largest absolute Gasteiger partial charge is 0.398 e. The second-order valence-corrected chi connectivity index (χ2v) is 6.31. The number of hydrogen-bond acceptors (Lipinski definition) is 4. The second kappa shape index (κ2) is 5.56. The number of nitrogen functional groups attached to an aromatic ring is 1. The highest BCUT2D eigenvalue weighted by Gasteiger charge is 2.23. The molecule has 0 aliphatic carbocycles. The molecule has 0 aliphatic heterocycles. The molecule has 2 rings (SSSR count). The van der Waals surface area contributed by atoms with Crippen molar-refractivity contribution in [3.63, 3.8) is 0 Å². The summed E-state index contributed by atoms with van der Waals surface area (Å²) in [4.78, 5) is 3.63. The Bertz CT molecular complexity index is 705. The molecule has 0 amide bonds. The number of benzene rings is 1. The predicted octanol–water partition coefficient (Wildman–Crippen LogP) is 1.62. The van der Waals surface area contributed by atoms with Gasteiger partial charge >= 0.3 is 0 Å². The molecule has 106 valence electrons. The summed E-state index contributed by atoms with van der Waals surface area (Å²) in [5.41, 5.74) is 6.42. The first-order valence-electron chi connectivity index (χ1n) is 5.81. The van der Waals surface area contributed by atoms with E-state index in [2.05, 4.69) is 4.98 Å². The van der Waals surface area contributed by atoms with E-state index in [1.54, 1.807) is 24.5 Å². The lowest BCUT2D eigenvalue weighted by Gasteiger charge is -2.18. The van der Waals surface area contributed by atoms with Crippen LogP contribution in [0.5, 0.6) is 0 Å². The van der Waals surface area contributed by atoms with Gasteiger partial charge in [-0.2, -0.15) is 4.31 Å². The fourth-order valence-electron chi connectivity index (χ4n) is 1.73. The summed E-state index contributed by atoms with van der Waals surface area (Å²) in [7, 11) is -2.43. The van der Waals surface area contributed by atoms with E-state index in [0.29, 0.717) is 0 Å². The van der Waals surface area contributed by atoms with Crippen molar-refractivity contribution in [1.29, 1.82) is 0 Å². The Morgan fingerprint density at radius 3 is 2.55 bits per heavy atom. The number of aromatic nitrogens is 1. The summed E-state index contributed by atoms with van der Waals surface area (Å²) in [6.45, 7) is 0.154. The van der Waals surface area contributed by atoms with Crippen LogP contribution in [-0.2, 0) is 16.6 Å². The monoisotopic (exact) mass is 295 g/mol. The molecule has 1 aromatic heterocycles. The number of nitrogens with zero attached hydrogens (tertiary/aromatic N) is 2. The minimum atomic E-state index is -3.84. The Kier molecular flexibility index (Phi) is 4.01. The zero-order chi connectivity index (χ0) is 14.8. The van der Waals surface area contributed by atoms with Crippen molar-refractivity contribution in [3.8, 4) is 0 Å². The van der Waals surface area contributed by atoms with Crippen molar-refractivity contribution in [2.75, 3.05) is 12.8 Å². The van der Waals surface area contributed by atoms with Crippen molar-refractivity contribution in [2.24, 2.45) is 0 Å².